The van der Waals surface area contributed by atoms with Crippen LogP contribution in [0.25, 0.3) is 22.3 Å². The summed E-state index contributed by atoms with van der Waals surface area (Å²) >= 11 is 0. The quantitative estimate of drug-likeness (QED) is 0.456. The van der Waals surface area contributed by atoms with E-state index in [-0.39, 0.29) is 16.7 Å². The molecule has 0 aliphatic carbocycles. The lowest BCUT2D eigenvalue weighted by atomic mass is 9.98. The van der Waals surface area contributed by atoms with Crippen LogP contribution >= 0.6 is 0 Å². The first-order valence-corrected chi connectivity index (χ1v) is 8.22. The molecule has 3 aromatic rings. The van der Waals surface area contributed by atoms with Gasteiger partial charge in [0.2, 0.25) is 0 Å². The molecular weight excluding hydrogens is 363 g/mol. The van der Waals surface area contributed by atoms with Crippen LogP contribution < -0.4 is 4.74 Å². The molecule has 0 aliphatic heterocycles. The van der Waals surface area contributed by atoms with Gasteiger partial charge in [-0.1, -0.05) is 55.5 Å². The van der Waals surface area contributed by atoms with E-state index in [1.54, 1.807) is 12.1 Å². The highest BCUT2D eigenvalue weighted by molar-refractivity contribution is 5.72. The molecule has 0 saturated heterocycles. The third kappa shape index (κ3) is 4.27. The molecule has 0 N–H and O–H groups in total. The average molecular weight is 378 g/mol. The van der Waals surface area contributed by atoms with Crippen LogP contribution in [-0.4, -0.2) is 6.36 Å². The van der Waals surface area contributed by atoms with E-state index in [0.717, 1.165) is 24.1 Å². The van der Waals surface area contributed by atoms with Gasteiger partial charge in [0.05, 0.1) is 0 Å². The molecular formula is C21H15F5O. The first-order valence-electron chi connectivity index (χ1n) is 8.22. The van der Waals surface area contributed by atoms with Gasteiger partial charge in [0, 0.05) is 11.1 Å². The number of hydrogen-bond acceptors (Lipinski definition) is 1. The lowest BCUT2D eigenvalue weighted by Gasteiger charge is -2.11. The highest BCUT2D eigenvalue weighted by atomic mass is 19.4. The Bertz CT molecular complexity index is 929. The van der Waals surface area contributed by atoms with E-state index < -0.39 is 23.7 Å². The molecule has 3 rings (SSSR count). The van der Waals surface area contributed by atoms with Gasteiger partial charge in [-0.05, 0) is 35.2 Å². The fraction of sp³-hybridized carbons (Fsp3) is 0.143. The maximum Gasteiger partial charge on any atom is 0.573 e. The second kappa shape index (κ2) is 7.39. The zero-order valence-electron chi connectivity index (χ0n) is 14.3. The van der Waals surface area contributed by atoms with Gasteiger partial charge >= 0.3 is 6.36 Å². The molecule has 0 radical (unpaired) electrons. The molecule has 27 heavy (non-hydrogen) atoms. The fourth-order valence-electron chi connectivity index (χ4n) is 2.75. The Balaban J connectivity index is 1.92. The molecule has 140 valence electrons. The van der Waals surface area contributed by atoms with Gasteiger partial charge in [-0.2, -0.15) is 0 Å². The SMILES string of the molecule is CCc1ccc(-c2ccc(-c3ccc(OC(F)(F)F)cc3)c(F)c2F)cc1. The summed E-state index contributed by atoms with van der Waals surface area (Å²) in [6, 6.07) is 14.6. The largest absolute Gasteiger partial charge is 0.573 e. The molecule has 0 heterocycles. The minimum atomic E-state index is -4.81. The average Bonchev–Trinajstić information content (AvgIpc) is 2.64. The summed E-state index contributed by atoms with van der Waals surface area (Å²) in [6.07, 6.45) is -3.97. The van der Waals surface area contributed by atoms with E-state index in [1.807, 2.05) is 19.1 Å². The van der Waals surface area contributed by atoms with Crippen LogP contribution in [0.5, 0.6) is 5.75 Å². The van der Waals surface area contributed by atoms with Crippen LogP contribution in [0.15, 0.2) is 60.7 Å². The maximum atomic E-state index is 14.6. The molecule has 0 aromatic heterocycles. The summed E-state index contributed by atoms with van der Waals surface area (Å²) in [4.78, 5) is 0. The van der Waals surface area contributed by atoms with Crippen molar-refractivity contribution in [2.24, 2.45) is 0 Å². The molecule has 0 fully saturated rings. The van der Waals surface area contributed by atoms with Crippen LogP contribution in [0, 0.1) is 11.6 Å². The summed E-state index contributed by atoms with van der Waals surface area (Å²) in [5, 5.41) is 0. The fourth-order valence-corrected chi connectivity index (χ4v) is 2.75. The zero-order chi connectivity index (χ0) is 19.6. The first kappa shape index (κ1) is 18.9. The Morgan fingerprint density at radius 2 is 1.15 bits per heavy atom. The number of alkyl halides is 3. The minimum absolute atomic E-state index is 0.0417. The van der Waals surface area contributed by atoms with Crippen molar-refractivity contribution in [3.05, 3.63) is 77.9 Å². The van der Waals surface area contributed by atoms with Crippen molar-refractivity contribution in [3.8, 4) is 28.0 Å². The molecule has 0 atom stereocenters. The Hall–Kier alpha value is -2.89. The highest BCUT2D eigenvalue weighted by Crippen LogP contribution is 2.33. The lowest BCUT2D eigenvalue weighted by molar-refractivity contribution is -0.274. The summed E-state index contributed by atoms with van der Waals surface area (Å²) in [7, 11) is 0. The van der Waals surface area contributed by atoms with E-state index >= 15 is 0 Å². The molecule has 6 heteroatoms. The third-order valence-electron chi connectivity index (χ3n) is 4.15. The van der Waals surface area contributed by atoms with Gasteiger partial charge in [-0.25, -0.2) is 8.78 Å². The summed E-state index contributed by atoms with van der Waals surface area (Å²) in [6.45, 7) is 2.00. The molecule has 0 saturated carbocycles. The Morgan fingerprint density at radius 3 is 1.56 bits per heavy atom. The molecule has 0 spiro atoms. The molecule has 0 unspecified atom stereocenters. The van der Waals surface area contributed by atoms with Gasteiger partial charge in [0.15, 0.2) is 11.6 Å². The monoisotopic (exact) mass is 378 g/mol. The number of benzene rings is 3. The lowest BCUT2D eigenvalue weighted by Crippen LogP contribution is -2.16. The molecule has 0 aliphatic rings. The zero-order valence-corrected chi connectivity index (χ0v) is 14.3. The molecule has 0 amide bonds. The van der Waals surface area contributed by atoms with Crippen molar-refractivity contribution >= 4 is 0 Å². The van der Waals surface area contributed by atoms with Gasteiger partial charge in [-0.15, -0.1) is 13.2 Å². The van der Waals surface area contributed by atoms with Crippen molar-refractivity contribution in [2.75, 3.05) is 0 Å². The Kier molecular flexibility index (Phi) is 5.17. The second-order valence-electron chi connectivity index (χ2n) is 5.91. The Morgan fingerprint density at radius 1 is 0.704 bits per heavy atom. The maximum absolute atomic E-state index is 14.6. The van der Waals surface area contributed by atoms with E-state index in [9.17, 15) is 22.0 Å². The molecule has 1 nitrogen and oxygen atoms in total. The van der Waals surface area contributed by atoms with Crippen molar-refractivity contribution in [1.29, 1.82) is 0 Å². The van der Waals surface area contributed by atoms with Gasteiger partial charge in [-0.3, -0.25) is 0 Å². The van der Waals surface area contributed by atoms with Crippen molar-refractivity contribution in [3.63, 3.8) is 0 Å². The van der Waals surface area contributed by atoms with Crippen LogP contribution in [-0.2, 0) is 6.42 Å². The standard InChI is InChI=1S/C21H15F5O/c1-2-13-3-5-14(6-4-13)17-11-12-18(20(23)19(17)22)15-7-9-16(10-8-15)27-21(24,25)26/h3-12H,2H2,1H3. The van der Waals surface area contributed by atoms with Gasteiger partial charge in [0.25, 0.3) is 0 Å². The van der Waals surface area contributed by atoms with Crippen LogP contribution in [0.4, 0.5) is 22.0 Å². The highest BCUT2D eigenvalue weighted by Gasteiger charge is 2.31. The Labute approximate surface area is 153 Å². The van der Waals surface area contributed by atoms with E-state index in [4.69, 9.17) is 0 Å². The minimum Gasteiger partial charge on any atom is -0.406 e. The predicted octanol–water partition coefficient (Wildman–Crippen LogP) is 6.76. The van der Waals surface area contributed by atoms with Crippen LogP contribution in [0.1, 0.15) is 12.5 Å². The van der Waals surface area contributed by atoms with Gasteiger partial charge < -0.3 is 4.74 Å². The van der Waals surface area contributed by atoms with Crippen LogP contribution in [0.2, 0.25) is 0 Å². The van der Waals surface area contributed by atoms with Crippen molar-refractivity contribution < 1.29 is 26.7 Å². The predicted molar refractivity (Wildman–Crippen MR) is 93.3 cm³/mol. The number of ether oxygens (including phenoxy) is 1. The number of hydrogen-bond donors (Lipinski definition) is 0. The van der Waals surface area contributed by atoms with E-state index in [1.165, 1.54) is 24.3 Å². The topological polar surface area (TPSA) is 9.23 Å². The molecule has 3 aromatic carbocycles. The van der Waals surface area contributed by atoms with Crippen molar-refractivity contribution in [2.45, 2.75) is 19.7 Å². The summed E-state index contributed by atoms with van der Waals surface area (Å²) in [5.74, 6) is -2.50. The smallest absolute Gasteiger partial charge is 0.406 e. The number of halogens is 5. The van der Waals surface area contributed by atoms with Crippen LogP contribution in [0.3, 0.4) is 0 Å². The van der Waals surface area contributed by atoms with E-state index in [0.29, 0.717) is 5.56 Å². The number of aryl methyl sites for hydroxylation is 1. The van der Waals surface area contributed by atoms with Gasteiger partial charge in [0.1, 0.15) is 5.75 Å². The normalized spacial score (nSPS) is 11.5. The second-order valence-corrected chi connectivity index (χ2v) is 5.91. The number of rotatable bonds is 4. The van der Waals surface area contributed by atoms with E-state index in [2.05, 4.69) is 4.74 Å². The third-order valence-corrected chi connectivity index (χ3v) is 4.15. The molecule has 0 bridgehead atoms. The summed E-state index contributed by atoms with van der Waals surface area (Å²) < 4.78 is 69.5. The van der Waals surface area contributed by atoms with Crippen molar-refractivity contribution in [1.82, 2.24) is 0 Å². The first-order chi connectivity index (χ1) is 12.8. The summed E-state index contributed by atoms with van der Waals surface area (Å²) in [5.41, 5.74) is 1.95.